The van der Waals surface area contributed by atoms with E-state index in [4.69, 9.17) is 4.74 Å². The van der Waals surface area contributed by atoms with Crippen LogP contribution in [0.3, 0.4) is 0 Å². The van der Waals surface area contributed by atoms with E-state index < -0.39 is 0 Å². The van der Waals surface area contributed by atoms with Crippen LogP contribution >= 0.6 is 11.3 Å². The van der Waals surface area contributed by atoms with Crippen LogP contribution in [-0.4, -0.2) is 6.61 Å². The summed E-state index contributed by atoms with van der Waals surface area (Å²) in [7, 11) is 0. The van der Waals surface area contributed by atoms with Crippen LogP contribution in [0.1, 0.15) is 31.7 Å². The van der Waals surface area contributed by atoms with Crippen molar-refractivity contribution in [2.24, 2.45) is 0 Å². The fourth-order valence-corrected chi connectivity index (χ4v) is 2.62. The monoisotopic (exact) mass is 355 g/mol. The van der Waals surface area contributed by atoms with Gasteiger partial charge >= 0.3 is 0 Å². The van der Waals surface area contributed by atoms with Gasteiger partial charge in [0.05, 0.1) is 5.38 Å². The molecule has 0 aliphatic heterocycles. The molecule has 2 aromatic rings. The molecule has 0 unspecified atom stereocenters. The van der Waals surface area contributed by atoms with E-state index in [1.165, 1.54) is 31.2 Å². The number of thiazole rings is 1. The summed E-state index contributed by atoms with van der Waals surface area (Å²) in [5.41, 5.74) is 3.51. The first kappa shape index (κ1) is 17.2. The first-order valence-electron chi connectivity index (χ1n) is 7.01. The van der Waals surface area contributed by atoms with Crippen molar-refractivity contribution in [3.05, 3.63) is 46.9 Å². The number of hydrogen-bond acceptors (Lipinski definition) is 2. The van der Waals surface area contributed by atoms with Gasteiger partial charge in [-0.15, -0.1) is 0 Å². The summed E-state index contributed by atoms with van der Waals surface area (Å²) >= 11 is 1.70. The summed E-state index contributed by atoms with van der Waals surface area (Å²) in [4.78, 5) is 0. The highest BCUT2D eigenvalue weighted by Crippen LogP contribution is 2.14. The van der Waals surface area contributed by atoms with Gasteiger partial charge in [0.25, 0.3) is 0 Å². The van der Waals surface area contributed by atoms with Crippen molar-refractivity contribution >= 4 is 11.3 Å². The molecule has 0 amide bonds. The van der Waals surface area contributed by atoms with Gasteiger partial charge in [0.2, 0.25) is 5.51 Å². The molecule has 0 aliphatic rings. The molecule has 0 atom stereocenters. The summed E-state index contributed by atoms with van der Waals surface area (Å²) in [6, 6.07) is 8.53. The maximum atomic E-state index is 5.74. The predicted octanol–water partition coefficient (Wildman–Crippen LogP) is 0.851. The van der Waals surface area contributed by atoms with Crippen molar-refractivity contribution in [2.75, 3.05) is 6.61 Å². The number of benzene rings is 1. The molecular formula is C16H22BrNOS. The Bertz CT molecular complexity index is 456. The van der Waals surface area contributed by atoms with Crippen molar-refractivity contribution < 1.29 is 26.3 Å². The molecule has 0 saturated heterocycles. The Balaban J connectivity index is 0.00000200. The first-order valence-corrected chi connectivity index (χ1v) is 7.95. The van der Waals surface area contributed by atoms with Gasteiger partial charge in [0.15, 0.2) is 12.7 Å². The Hall–Kier alpha value is -0.870. The van der Waals surface area contributed by atoms with Gasteiger partial charge in [0, 0.05) is 0 Å². The zero-order valence-corrected chi connectivity index (χ0v) is 14.3. The molecule has 0 fully saturated rings. The fraction of sp³-hybridized carbons (Fsp3) is 0.438. The van der Waals surface area contributed by atoms with Crippen LogP contribution in [0.5, 0.6) is 5.75 Å². The zero-order chi connectivity index (χ0) is 13.3. The molecule has 1 aromatic carbocycles. The van der Waals surface area contributed by atoms with Crippen LogP contribution in [-0.2, 0) is 13.0 Å². The largest absolute Gasteiger partial charge is 1.00 e. The minimum atomic E-state index is 0. The topological polar surface area (TPSA) is 13.1 Å². The van der Waals surface area contributed by atoms with Crippen molar-refractivity contribution in [1.29, 1.82) is 0 Å². The quantitative estimate of drug-likeness (QED) is 0.505. The summed E-state index contributed by atoms with van der Waals surface area (Å²) in [5.74, 6) is 0.968. The van der Waals surface area contributed by atoms with Crippen molar-refractivity contribution in [1.82, 2.24) is 0 Å². The lowest BCUT2D eigenvalue weighted by Crippen LogP contribution is -3.00. The van der Waals surface area contributed by atoms with Gasteiger partial charge < -0.3 is 21.7 Å². The molecule has 0 N–H and O–H groups in total. The highest BCUT2D eigenvalue weighted by molar-refractivity contribution is 7.07. The highest BCUT2D eigenvalue weighted by atomic mass is 79.9. The van der Waals surface area contributed by atoms with Crippen molar-refractivity contribution in [2.45, 2.75) is 39.2 Å². The smallest absolute Gasteiger partial charge is 0.224 e. The third kappa shape index (κ3) is 6.06. The molecule has 2 rings (SSSR count). The Labute approximate surface area is 136 Å². The average molecular weight is 356 g/mol. The molecule has 0 saturated carbocycles. The van der Waals surface area contributed by atoms with E-state index in [1.54, 1.807) is 11.3 Å². The van der Waals surface area contributed by atoms with Crippen LogP contribution in [0.2, 0.25) is 0 Å². The van der Waals surface area contributed by atoms with Gasteiger partial charge in [-0.1, -0.05) is 43.2 Å². The SMILES string of the molecule is CCCCCc1ccc(OCC[n+]2ccsc2)cc1.[Br-]. The Morgan fingerprint density at radius 3 is 2.60 bits per heavy atom. The van der Waals surface area contributed by atoms with E-state index in [0.29, 0.717) is 0 Å². The standard InChI is InChI=1S/C16H22NOS.BrH/c1-2-3-4-5-15-6-8-16(9-7-15)18-12-10-17-11-13-19-14-17;/h6-9,11,13-14H,2-5,10,12H2,1H3;1H/q+1;/p-1. The lowest BCUT2D eigenvalue weighted by molar-refractivity contribution is -0.692. The second-order valence-electron chi connectivity index (χ2n) is 4.71. The molecule has 20 heavy (non-hydrogen) atoms. The van der Waals surface area contributed by atoms with Gasteiger partial charge in [-0.3, -0.25) is 0 Å². The second-order valence-corrected chi connectivity index (χ2v) is 5.47. The molecule has 110 valence electrons. The summed E-state index contributed by atoms with van der Waals surface area (Å²) < 4.78 is 7.89. The maximum Gasteiger partial charge on any atom is 0.224 e. The van der Waals surface area contributed by atoms with Crippen molar-refractivity contribution in [3.8, 4) is 5.75 Å². The molecule has 0 spiro atoms. The Kier molecular flexibility index (Phi) is 8.54. The number of rotatable bonds is 8. The molecule has 0 aliphatic carbocycles. The van der Waals surface area contributed by atoms with Crippen LogP contribution in [0, 0.1) is 0 Å². The van der Waals surface area contributed by atoms with E-state index in [0.717, 1.165) is 18.9 Å². The first-order chi connectivity index (χ1) is 9.38. The molecule has 4 heteroatoms. The van der Waals surface area contributed by atoms with Crippen LogP contribution in [0.15, 0.2) is 41.4 Å². The number of nitrogens with zero attached hydrogens (tertiary/aromatic N) is 1. The van der Waals surface area contributed by atoms with Crippen LogP contribution < -0.4 is 26.3 Å². The summed E-state index contributed by atoms with van der Waals surface area (Å²) in [6.45, 7) is 3.86. The van der Waals surface area contributed by atoms with E-state index in [-0.39, 0.29) is 17.0 Å². The third-order valence-electron chi connectivity index (χ3n) is 3.14. The molecule has 1 aromatic heterocycles. The molecule has 1 heterocycles. The number of halogens is 1. The third-order valence-corrected chi connectivity index (χ3v) is 3.81. The number of unbranched alkanes of at least 4 members (excludes halogenated alkanes) is 2. The molecule has 2 nitrogen and oxygen atoms in total. The number of hydrogen-bond donors (Lipinski definition) is 0. The Morgan fingerprint density at radius 2 is 1.95 bits per heavy atom. The van der Waals surface area contributed by atoms with Gasteiger partial charge in [-0.25, -0.2) is 0 Å². The lowest BCUT2D eigenvalue weighted by atomic mass is 10.1. The zero-order valence-electron chi connectivity index (χ0n) is 11.9. The number of aromatic nitrogens is 1. The number of ether oxygens (including phenoxy) is 1. The fourth-order valence-electron chi connectivity index (χ4n) is 1.99. The molecule has 0 radical (unpaired) electrons. The highest BCUT2D eigenvalue weighted by Gasteiger charge is 2.01. The van der Waals surface area contributed by atoms with E-state index in [2.05, 4.69) is 52.8 Å². The van der Waals surface area contributed by atoms with Crippen molar-refractivity contribution in [3.63, 3.8) is 0 Å². The average Bonchev–Trinajstić information content (AvgIpc) is 2.94. The van der Waals surface area contributed by atoms with Crippen LogP contribution in [0.4, 0.5) is 0 Å². The Morgan fingerprint density at radius 1 is 1.15 bits per heavy atom. The molecular weight excluding hydrogens is 334 g/mol. The maximum absolute atomic E-state index is 5.74. The minimum Gasteiger partial charge on any atom is -1.00 e. The second kappa shape index (κ2) is 9.94. The minimum absolute atomic E-state index is 0. The number of aryl methyl sites for hydroxylation is 1. The van der Waals surface area contributed by atoms with Crippen LogP contribution in [0.25, 0.3) is 0 Å². The predicted molar refractivity (Wildman–Crippen MR) is 79.7 cm³/mol. The summed E-state index contributed by atoms with van der Waals surface area (Å²) in [6.07, 6.45) is 7.13. The van der Waals surface area contributed by atoms with Gasteiger partial charge in [-0.05, 0) is 30.5 Å². The molecule has 0 bridgehead atoms. The van der Waals surface area contributed by atoms with E-state index in [1.807, 2.05) is 0 Å². The van der Waals surface area contributed by atoms with E-state index >= 15 is 0 Å². The van der Waals surface area contributed by atoms with Gasteiger partial charge in [0.1, 0.15) is 12.4 Å². The normalized spacial score (nSPS) is 10.1. The van der Waals surface area contributed by atoms with E-state index in [9.17, 15) is 0 Å². The van der Waals surface area contributed by atoms with Gasteiger partial charge in [-0.2, -0.15) is 4.57 Å². The summed E-state index contributed by atoms with van der Waals surface area (Å²) in [5, 5.41) is 2.07. The lowest BCUT2D eigenvalue weighted by Gasteiger charge is -2.05.